The van der Waals surface area contributed by atoms with Crippen molar-refractivity contribution in [1.29, 1.82) is 0 Å². The lowest BCUT2D eigenvalue weighted by molar-refractivity contribution is 0.356. The van der Waals surface area contributed by atoms with Crippen molar-refractivity contribution < 1.29 is 4.39 Å². The minimum atomic E-state index is -1.31. The second kappa shape index (κ2) is 5.72. The maximum atomic E-state index is 13.5. The van der Waals surface area contributed by atoms with Gasteiger partial charge >= 0.3 is 0 Å². The summed E-state index contributed by atoms with van der Waals surface area (Å²) in [4.78, 5) is 21.4. The summed E-state index contributed by atoms with van der Waals surface area (Å²) < 4.78 is 13.5. The molecule has 3 aromatic heterocycles. The van der Waals surface area contributed by atoms with Gasteiger partial charge in [0.2, 0.25) is 5.95 Å². The molecule has 1 unspecified atom stereocenters. The number of nitrogens with two attached hydrogens (primary N) is 1. The van der Waals surface area contributed by atoms with Gasteiger partial charge in [0.1, 0.15) is 5.01 Å². The van der Waals surface area contributed by atoms with E-state index in [-0.39, 0.29) is 11.8 Å². The van der Waals surface area contributed by atoms with Crippen LogP contribution < -0.4 is 5.73 Å². The number of nitrogen functional groups attached to an aromatic ring is 1. The molecule has 3 rings (SSSR count). The Balaban J connectivity index is 2.08. The first-order valence-electron chi connectivity index (χ1n) is 6.58. The van der Waals surface area contributed by atoms with E-state index in [1.807, 2.05) is 19.1 Å². The third-order valence-corrected chi connectivity index (χ3v) is 4.14. The van der Waals surface area contributed by atoms with Gasteiger partial charge in [-0.1, -0.05) is 0 Å². The molecule has 3 aromatic rings. The summed E-state index contributed by atoms with van der Waals surface area (Å²) in [5, 5.41) is 0.800. The van der Waals surface area contributed by atoms with Crippen molar-refractivity contribution in [1.82, 2.24) is 24.9 Å². The monoisotopic (exact) mass is 316 g/mol. The predicted octanol–water partition coefficient (Wildman–Crippen LogP) is 2.98. The number of rotatable bonds is 3. The van der Waals surface area contributed by atoms with Crippen molar-refractivity contribution in [3.8, 4) is 21.3 Å². The molecule has 0 radical (unpaired) electrons. The summed E-state index contributed by atoms with van der Waals surface area (Å²) in [7, 11) is 0. The molecule has 6 nitrogen and oxygen atoms in total. The molecule has 112 valence electrons. The first-order chi connectivity index (χ1) is 10.5. The van der Waals surface area contributed by atoms with Gasteiger partial charge in [-0.3, -0.25) is 4.98 Å². The molecule has 0 saturated carbocycles. The fraction of sp³-hybridized carbons (Fsp3) is 0.214. The topological polar surface area (TPSA) is 90.5 Å². The van der Waals surface area contributed by atoms with Crippen molar-refractivity contribution in [3.05, 3.63) is 36.0 Å². The molecule has 0 aliphatic heterocycles. The van der Waals surface area contributed by atoms with Crippen LogP contribution >= 0.6 is 11.3 Å². The molecule has 8 heteroatoms. The molecule has 0 amide bonds. The zero-order chi connectivity index (χ0) is 15.7. The summed E-state index contributed by atoms with van der Waals surface area (Å²) in [6.45, 7) is 3.21. The van der Waals surface area contributed by atoms with Crippen LogP contribution in [-0.4, -0.2) is 24.9 Å². The van der Waals surface area contributed by atoms with Gasteiger partial charge in [-0.05, 0) is 26.0 Å². The highest BCUT2D eigenvalue weighted by molar-refractivity contribution is 7.18. The number of aryl methyl sites for hydroxylation is 1. The van der Waals surface area contributed by atoms with E-state index in [1.165, 1.54) is 18.3 Å². The first kappa shape index (κ1) is 14.5. The standard InChI is InChI=1S/C14H13FN6S/c1-7(15)11-19-12(21-14(16)20-11)10-8(2)18-13(22-10)9-4-3-5-17-6-9/h3-7H,1-2H3,(H2,16,19,20,21). The zero-order valence-corrected chi connectivity index (χ0v) is 12.8. The van der Waals surface area contributed by atoms with Gasteiger partial charge in [-0.2, -0.15) is 9.97 Å². The maximum Gasteiger partial charge on any atom is 0.223 e. The molecule has 0 bridgehead atoms. The molecule has 22 heavy (non-hydrogen) atoms. The van der Waals surface area contributed by atoms with Crippen molar-refractivity contribution in [2.75, 3.05) is 5.73 Å². The highest BCUT2D eigenvalue weighted by Crippen LogP contribution is 2.33. The van der Waals surface area contributed by atoms with E-state index in [0.29, 0.717) is 5.82 Å². The van der Waals surface area contributed by atoms with E-state index in [1.54, 1.807) is 12.4 Å². The van der Waals surface area contributed by atoms with Crippen LogP contribution in [-0.2, 0) is 0 Å². The molecule has 0 fully saturated rings. The Morgan fingerprint density at radius 1 is 1.23 bits per heavy atom. The van der Waals surface area contributed by atoms with Gasteiger partial charge in [-0.25, -0.2) is 14.4 Å². The Labute approximate surface area is 130 Å². The molecular formula is C14H13FN6S. The number of hydrogen-bond acceptors (Lipinski definition) is 7. The van der Waals surface area contributed by atoms with Crippen molar-refractivity contribution >= 4 is 17.3 Å². The molecular weight excluding hydrogens is 303 g/mol. The number of halogens is 1. The van der Waals surface area contributed by atoms with Crippen molar-refractivity contribution in [2.45, 2.75) is 20.0 Å². The first-order valence-corrected chi connectivity index (χ1v) is 7.40. The van der Waals surface area contributed by atoms with Crippen LogP contribution in [0.1, 0.15) is 24.6 Å². The fourth-order valence-corrected chi connectivity index (χ4v) is 2.90. The third-order valence-electron chi connectivity index (χ3n) is 2.93. The fourth-order valence-electron chi connectivity index (χ4n) is 1.91. The Morgan fingerprint density at radius 3 is 2.73 bits per heavy atom. The highest BCUT2D eigenvalue weighted by atomic mass is 32.1. The van der Waals surface area contributed by atoms with Crippen LogP contribution in [0.3, 0.4) is 0 Å². The third kappa shape index (κ3) is 2.77. The largest absolute Gasteiger partial charge is 0.368 e. The molecule has 0 saturated heterocycles. The summed E-state index contributed by atoms with van der Waals surface area (Å²) in [5.74, 6) is 0.371. The minimum Gasteiger partial charge on any atom is -0.368 e. The van der Waals surface area contributed by atoms with E-state index in [4.69, 9.17) is 5.73 Å². The summed E-state index contributed by atoms with van der Waals surface area (Å²) >= 11 is 1.41. The Kier molecular flexibility index (Phi) is 3.76. The number of pyridine rings is 1. The van der Waals surface area contributed by atoms with E-state index in [0.717, 1.165) is 21.1 Å². The summed E-state index contributed by atoms with van der Waals surface area (Å²) in [6.07, 6.45) is 2.13. The Hall–Kier alpha value is -2.48. The van der Waals surface area contributed by atoms with Gasteiger partial charge in [0.05, 0.1) is 10.6 Å². The molecule has 3 heterocycles. The Morgan fingerprint density at radius 2 is 2.05 bits per heavy atom. The van der Waals surface area contributed by atoms with E-state index in [9.17, 15) is 4.39 Å². The number of thiazole rings is 1. The number of alkyl halides is 1. The van der Waals surface area contributed by atoms with Gasteiger partial charge in [0.25, 0.3) is 0 Å². The molecule has 0 spiro atoms. The highest BCUT2D eigenvalue weighted by Gasteiger charge is 2.17. The second-order valence-electron chi connectivity index (χ2n) is 4.67. The number of hydrogen-bond donors (Lipinski definition) is 1. The van der Waals surface area contributed by atoms with E-state index < -0.39 is 6.17 Å². The zero-order valence-electron chi connectivity index (χ0n) is 12.0. The lowest BCUT2D eigenvalue weighted by atomic mass is 10.3. The Bertz CT molecular complexity index is 802. The van der Waals surface area contributed by atoms with Crippen LogP contribution in [0.4, 0.5) is 10.3 Å². The SMILES string of the molecule is Cc1nc(-c2cccnc2)sc1-c1nc(N)nc(C(C)F)n1. The smallest absolute Gasteiger partial charge is 0.223 e. The summed E-state index contributed by atoms with van der Waals surface area (Å²) in [6, 6.07) is 3.77. The number of aromatic nitrogens is 5. The quantitative estimate of drug-likeness (QED) is 0.799. The average molecular weight is 316 g/mol. The van der Waals surface area contributed by atoms with Gasteiger partial charge in [0.15, 0.2) is 17.8 Å². The maximum absolute atomic E-state index is 13.5. The second-order valence-corrected chi connectivity index (χ2v) is 5.67. The molecule has 0 aliphatic rings. The van der Waals surface area contributed by atoms with Gasteiger partial charge < -0.3 is 5.73 Å². The van der Waals surface area contributed by atoms with Crippen molar-refractivity contribution in [2.24, 2.45) is 0 Å². The minimum absolute atomic E-state index is 0.000211. The number of nitrogens with zero attached hydrogens (tertiary/aromatic N) is 5. The molecule has 0 aromatic carbocycles. The van der Waals surface area contributed by atoms with Crippen LogP contribution in [0.5, 0.6) is 0 Å². The van der Waals surface area contributed by atoms with Crippen LogP contribution in [0, 0.1) is 6.92 Å². The van der Waals surface area contributed by atoms with Crippen LogP contribution in [0.15, 0.2) is 24.5 Å². The van der Waals surface area contributed by atoms with Gasteiger partial charge in [-0.15, -0.1) is 11.3 Å². The molecule has 2 N–H and O–H groups in total. The number of anilines is 1. The normalized spacial score (nSPS) is 12.3. The van der Waals surface area contributed by atoms with E-state index >= 15 is 0 Å². The van der Waals surface area contributed by atoms with Crippen LogP contribution in [0.25, 0.3) is 21.3 Å². The predicted molar refractivity (Wildman–Crippen MR) is 82.8 cm³/mol. The van der Waals surface area contributed by atoms with Crippen molar-refractivity contribution in [3.63, 3.8) is 0 Å². The lowest BCUT2D eigenvalue weighted by Gasteiger charge is -2.04. The molecule has 0 aliphatic carbocycles. The van der Waals surface area contributed by atoms with Gasteiger partial charge in [0, 0.05) is 18.0 Å². The molecule has 1 atom stereocenters. The average Bonchev–Trinajstić information content (AvgIpc) is 2.89. The summed E-state index contributed by atoms with van der Waals surface area (Å²) in [5.41, 5.74) is 7.31. The van der Waals surface area contributed by atoms with E-state index in [2.05, 4.69) is 24.9 Å². The lowest BCUT2D eigenvalue weighted by Crippen LogP contribution is -2.05. The van der Waals surface area contributed by atoms with Crippen LogP contribution in [0.2, 0.25) is 0 Å².